The lowest BCUT2D eigenvalue weighted by molar-refractivity contribution is 0.183. The van der Waals surface area contributed by atoms with Gasteiger partial charge in [0.25, 0.3) is 0 Å². The van der Waals surface area contributed by atoms with Crippen LogP contribution >= 0.6 is 0 Å². The number of ether oxygens (including phenoxy) is 1. The quantitative estimate of drug-likeness (QED) is 0.792. The van der Waals surface area contributed by atoms with E-state index < -0.39 is 5.82 Å². The van der Waals surface area contributed by atoms with Crippen molar-refractivity contribution in [3.05, 3.63) is 24.0 Å². The van der Waals surface area contributed by atoms with Crippen molar-refractivity contribution in [1.82, 2.24) is 20.2 Å². The summed E-state index contributed by atoms with van der Waals surface area (Å²) in [6.07, 6.45) is 0. The number of nitrogens with two attached hydrogens (primary N) is 1. The van der Waals surface area contributed by atoms with E-state index in [1.165, 1.54) is 22.9 Å². The van der Waals surface area contributed by atoms with Gasteiger partial charge in [0.15, 0.2) is 5.82 Å². The third-order valence-corrected chi connectivity index (χ3v) is 2.27. The highest BCUT2D eigenvalue weighted by Gasteiger charge is 2.13. The van der Waals surface area contributed by atoms with Gasteiger partial charge in [0.1, 0.15) is 5.82 Å². The van der Waals surface area contributed by atoms with Crippen molar-refractivity contribution in [2.75, 3.05) is 19.5 Å². The third kappa shape index (κ3) is 2.39. The zero-order chi connectivity index (χ0) is 12.3. The van der Waals surface area contributed by atoms with Gasteiger partial charge in [0.05, 0.1) is 18.7 Å². The molecule has 0 amide bonds. The molecule has 17 heavy (non-hydrogen) atoms. The van der Waals surface area contributed by atoms with Crippen LogP contribution in [0.5, 0.6) is 0 Å². The van der Waals surface area contributed by atoms with Gasteiger partial charge in [-0.15, -0.1) is 5.10 Å². The van der Waals surface area contributed by atoms with Crippen LogP contribution in [0.2, 0.25) is 0 Å². The number of hydrogen-bond acceptors (Lipinski definition) is 5. The van der Waals surface area contributed by atoms with E-state index in [9.17, 15) is 4.39 Å². The van der Waals surface area contributed by atoms with Gasteiger partial charge in [-0.3, -0.25) is 0 Å². The van der Waals surface area contributed by atoms with Crippen LogP contribution in [0.25, 0.3) is 11.4 Å². The molecule has 0 aliphatic rings. The largest absolute Gasteiger partial charge is 0.399 e. The number of hydrogen-bond donors (Lipinski definition) is 1. The number of benzene rings is 1. The van der Waals surface area contributed by atoms with Gasteiger partial charge in [-0.25, -0.2) is 9.07 Å². The van der Waals surface area contributed by atoms with Gasteiger partial charge in [0.2, 0.25) is 0 Å². The molecule has 7 heteroatoms. The fourth-order valence-electron chi connectivity index (χ4n) is 1.44. The summed E-state index contributed by atoms with van der Waals surface area (Å²) in [6, 6.07) is 4.28. The Morgan fingerprint density at radius 1 is 1.47 bits per heavy atom. The summed E-state index contributed by atoms with van der Waals surface area (Å²) in [5, 5.41) is 11.1. The predicted octanol–water partition coefficient (Wildman–Crippen LogP) is 0.708. The van der Waals surface area contributed by atoms with Gasteiger partial charge >= 0.3 is 0 Å². The Labute approximate surface area is 97.2 Å². The first-order chi connectivity index (χ1) is 8.22. The van der Waals surface area contributed by atoms with Crippen LogP contribution in [0.3, 0.4) is 0 Å². The molecular formula is C10H12FN5O. The minimum absolute atomic E-state index is 0.283. The second-order valence-corrected chi connectivity index (χ2v) is 3.46. The first kappa shape index (κ1) is 11.5. The standard InChI is InChI=1S/C10H12FN5O/c1-17-5-4-16-10(13-14-15-16)8-6-7(12)2-3-9(8)11/h2-3,6H,4-5,12H2,1H3. The van der Waals surface area contributed by atoms with Gasteiger partial charge in [-0.2, -0.15) is 0 Å². The molecule has 0 fully saturated rings. The molecule has 2 aromatic rings. The first-order valence-electron chi connectivity index (χ1n) is 5.03. The van der Waals surface area contributed by atoms with Gasteiger partial charge in [0, 0.05) is 12.8 Å². The zero-order valence-corrected chi connectivity index (χ0v) is 9.30. The average molecular weight is 237 g/mol. The lowest BCUT2D eigenvalue weighted by Gasteiger charge is -2.05. The van der Waals surface area contributed by atoms with E-state index in [0.29, 0.717) is 24.7 Å². The highest BCUT2D eigenvalue weighted by molar-refractivity contribution is 5.61. The van der Waals surface area contributed by atoms with Crippen LogP contribution in [0.4, 0.5) is 10.1 Å². The van der Waals surface area contributed by atoms with Crippen molar-refractivity contribution in [3.63, 3.8) is 0 Å². The molecule has 6 nitrogen and oxygen atoms in total. The predicted molar refractivity (Wildman–Crippen MR) is 59.5 cm³/mol. The Bertz CT molecular complexity index is 513. The molecule has 2 N–H and O–H groups in total. The molecule has 0 saturated heterocycles. The second-order valence-electron chi connectivity index (χ2n) is 3.46. The molecule has 0 atom stereocenters. The maximum atomic E-state index is 13.6. The maximum absolute atomic E-state index is 13.6. The number of nitrogens with zero attached hydrogens (tertiary/aromatic N) is 4. The van der Waals surface area contributed by atoms with Crippen molar-refractivity contribution in [3.8, 4) is 11.4 Å². The Morgan fingerprint density at radius 3 is 3.06 bits per heavy atom. The van der Waals surface area contributed by atoms with E-state index in [1.807, 2.05) is 0 Å². The molecule has 2 rings (SSSR count). The van der Waals surface area contributed by atoms with Crippen molar-refractivity contribution < 1.29 is 9.13 Å². The normalized spacial score (nSPS) is 10.7. The molecule has 0 spiro atoms. The SMILES string of the molecule is COCCn1nnnc1-c1cc(N)ccc1F. The molecule has 0 aliphatic heterocycles. The fourth-order valence-corrected chi connectivity index (χ4v) is 1.44. The number of methoxy groups -OCH3 is 1. The number of aromatic nitrogens is 4. The Morgan fingerprint density at radius 2 is 2.29 bits per heavy atom. The second kappa shape index (κ2) is 4.88. The molecule has 1 heterocycles. The molecule has 1 aromatic carbocycles. The van der Waals surface area contributed by atoms with Crippen molar-refractivity contribution in [2.24, 2.45) is 0 Å². The Hall–Kier alpha value is -2.02. The van der Waals surface area contributed by atoms with E-state index in [0.717, 1.165) is 0 Å². The molecule has 90 valence electrons. The molecule has 0 bridgehead atoms. The van der Waals surface area contributed by atoms with E-state index in [2.05, 4.69) is 15.5 Å². The monoisotopic (exact) mass is 237 g/mol. The van der Waals surface area contributed by atoms with Crippen molar-refractivity contribution in [2.45, 2.75) is 6.54 Å². The number of rotatable bonds is 4. The molecule has 0 saturated carbocycles. The van der Waals surface area contributed by atoms with Crippen molar-refractivity contribution >= 4 is 5.69 Å². The summed E-state index contributed by atoms with van der Waals surface area (Å²) < 4.78 is 20.0. The number of nitrogen functional groups attached to an aromatic ring is 1. The summed E-state index contributed by atoms with van der Waals surface area (Å²) in [4.78, 5) is 0. The fraction of sp³-hybridized carbons (Fsp3) is 0.300. The maximum Gasteiger partial charge on any atom is 0.185 e. The summed E-state index contributed by atoms with van der Waals surface area (Å²) in [5.74, 6) is -0.0699. The van der Waals surface area contributed by atoms with Gasteiger partial charge in [-0.05, 0) is 28.6 Å². The molecule has 0 unspecified atom stereocenters. The van der Waals surface area contributed by atoms with E-state index in [4.69, 9.17) is 10.5 Å². The lowest BCUT2D eigenvalue weighted by Crippen LogP contribution is -2.08. The van der Waals surface area contributed by atoms with Crippen LogP contribution in [0.1, 0.15) is 0 Å². The summed E-state index contributed by atoms with van der Waals surface area (Å²) >= 11 is 0. The number of halogens is 1. The smallest absolute Gasteiger partial charge is 0.185 e. The zero-order valence-electron chi connectivity index (χ0n) is 9.30. The first-order valence-corrected chi connectivity index (χ1v) is 5.03. The topological polar surface area (TPSA) is 78.8 Å². The minimum atomic E-state index is -0.410. The van der Waals surface area contributed by atoms with E-state index in [-0.39, 0.29) is 5.56 Å². The van der Waals surface area contributed by atoms with Crippen LogP contribution < -0.4 is 5.73 Å². The minimum Gasteiger partial charge on any atom is -0.399 e. The third-order valence-electron chi connectivity index (χ3n) is 2.27. The summed E-state index contributed by atoms with van der Waals surface area (Å²) in [6.45, 7) is 0.898. The highest BCUT2D eigenvalue weighted by Crippen LogP contribution is 2.22. The van der Waals surface area contributed by atoms with Crippen LogP contribution in [-0.2, 0) is 11.3 Å². The highest BCUT2D eigenvalue weighted by atomic mass is 19.1. The summed E-state index contributed by atoms with van der Waals surface area (Å²) in [5.41, 5.74) is 6.36. The summed E-state index contributed by atoms with van der Waals surface area (Å²) in [7, 11) is 1.57. The van der Waals surface area contributed by atoms with Crippen molar-refractivity contribution in [1.29, 1.82) is 0 Å². The van der Waals surface area contributed by atoms with Crippen LogP contribution in [-0.4, -0.2) is 33.9 Å². The molecule has 0 aliphatic carbocycles. The lowest BCUT2D eigenvalue weighted by atomic mass is 10.2. The molecule has 1 aromatic heterocycles. The van der Waals surface area contributed by atoms with E-state index in [1.54, 1.807) is 7.11 Å². The van der Waals surface area contributed by atoms with Crippen LogP contribution in [0, 0.1) is 5.82 Å². The van der Waals surface area contributed by atoms with Gasteiger partial charge in [-0.1, -0.05) is 0 Å². The molecular weight excluding hydrogens is 225 g/mol. The Balaban J connectivity index is 2.38. The average Bonchev–Trinajstić information content (AvgIpc) is 2.77. The van der Waals surface area contributed by atoms with E-state index >= 15 is 0 Å². The molecule has 0 radical (unpaired) electrons. The van der Waals surface area contributed by atoms with Gasteiger partial charge < -0.3 is 10.5 Å². The van der Waals surface area contributed by atoms with Crippen LogP contribution in [0.15, 0.2) is 18.2 Å². The number of anilines is 1. The number of tetrazole rings is 1. The Kier molecular flexibility index (Phi) is 3.29.